The van der Waals surface area contributed by atoms with E-state index in [0.717, 1.165) is 41.6 Å². The van der Waals surface area contributed by atoms with Gasteiger partial charge in [-0.15, -0.1) is 0 Å². The van der Waals surface area contributed by atoms with Crippen molar-refractivity contribution in [1.82, 2.24) is 4.98 Å². The molecule has 0 radical (unpaired) electrons. The molecule has 3 aromatic rings. The molecule has 2 fully saturated rings. The molecule has 2 bridgehead atoms. The SMILES string of the molecule is CC(=O)/C=C/c1cncc(N(Cc2ccc(-c3ccc(N(C)C)cc3)cc2F)C(=O)[C@@H]2C[C@@H]3CC[C@H]2C3)c1. The lowest BCUT2D eigenvalue weighted by atomic mass is 9.87. The smallest absolute Gasteiger partial charge is 0.230 e. The van der Waals surface area contributed by atoms with Crippen molar-refractivity contribution < 1.29 is 14.0 Å². The summed E-state index contributed by atoms with van der Waals surface area (Å²) in [5.41, 5.74) is 4.60. The second kappa shape index (κ2) is 10.9. The van der Waals surface area contributed by atoms with E-state index >= 15 is 4.39 Å². The van der Waals surface area contributed by atoms with Gasteiger partial charge in [-0.05, 0) is 91.1 Å². The van der Waals surface area contributed by atoms with Gasteiger partial charge in [0.2, 0.25) is 5.91 Å². The van der Waals surface area contributed by atoms with Gasteiger partial charge in [-0.2, -0.15) is 0 Å². The highest BCUT2D eigenvalue weighted by molar-refractivity contribution is 5.96. The van der Waals surface area contributed by atoms with E-state index in [1.807, 2.05) is 55.4 Å². The van der Waals surface area contributed by atoms with Crippen LogP contribution >= 0.6 is 0 Å². The van der Waals surface area contributed by atoms with E-state index in [9.17, 15) is 9.59 Å². The third kappa shape index (κ3) is 5.54. The largest absolute Gasteiger partial charge is 0.378 e. The number of hydrogen-bond acceptors (Lipinski definition) is 4. The zero-order valence-corrected chi connectivity index (χ0v) is 22.2. The Morgan fingerprint density at radius 2 is 1.74 bits per heavy atom. The summed E-state index contributed by atoms with van der Waals surface area (Å²) in [6, 6.07) is 15.1. The van der Waals surface area contributed by atoms with Crippen LogP contribution in [0.4, 0.5) is 15.8 Å². The van der Waals surface area contributed by atoms with Crippen LogP contribution in [0.5, 0.6) is 0 Å². The number of carbonyl (C=O) groups excluding carboxylic acids is 2. The Kier molecular flexibility index (Phi) is 7.41. The number of halogens is 1. The maximum absolute atomic E-state index is 15.5. The Bertz CT molecular complexity index is 1370. The summed E-state index contributed by atoms with van der Waals surface area (Å²) >= 11 is 0. The number of hydrogen-bond donors (Lipinski definition) is 0. The molecule has 5 rings (SSSR count). The van der Waals surface area contributed by atoms with Crippen LogP contribution in [0.15, 0.2) is 67.0 Å². The third-order valence-electron chi connectivity index (χ3n) is 7.99. The van der Waals surface area contributed by atoms with Gasteiger partial charge in [0.25, 0.3) is 0 Å². The molecule has 0 aliphatic heterocycles. The van der Waals surface area contributed by atoms with E-state index in [1.54, 1.807) is 35.5 Å². The maximum atomic E-state index is 15.5. The fraction of sp³-hybridized carbons (Fsp3) is 0.344. The van der Waals surface area contributed by atoms with E-state index in [2.05, 4.69) is 4.98 Å². The zero-order chi connectivity index (χ0) is 26.8. The number of allylic oxidation sites excluding steroid dienone is 1. The van der Waals surface area contributed by atoms with Gasteiger partial charge in [-0.25, -0.2) is 4.39 Å². The molecule has 0 spiro atoms. The Hall–Kier alpha value is -3.80. The van der Waals surface area contributed by atoms with Crippen LogP contribution in [0.25, 0.3) is 17.2 Å². The lowest BCUT2D eigenvalue weighted by molar-refractivity contribution is -0.124. The Morgan fingerprint density at radius 3 is 2.37 bits per heavy atom. The van der Waals surface area contributed by atoms with E-state index in [1.165, 1.54) is 19.4 Å². The molecule has 2 aliphatic carbocycles. The molecule has 0 saturated heterocycles. The number of aromatic nitrogens is 1. The van der Waals surface area contributed by atoms with E-state index < -0.39 is 0 Å². The Morgan fingerprint density at radius 1 is 0.974 bits per heavy atom. The van der Waals surface area contributed by atoms with Crippen LogP contribution in [0.1, 0.15) is 43.7 Å². The van der Waals surface area contributed by atoms with Gasteiger partial charge in [0.05, 0.1) is 18.4 Å². The molecule has 6 heteroatoms. The van der Waals surface area contributed by atoms with Crippen LogP contribution in [0, 0.1) is 23.6 Å². The molecular weight excluding hydrogens is 477 g/mol. The molecule has 3 atom stereocenters. The van der Waals surface area contributed by atoms with Gasteiger partial charge in [-0.3, -0.25) is 14.6 Å². The van der Waals surface area contributed by atoms with Crippen LogP contribution in [-0.4, -0.2) is 30.8 Å². The fourth-order valence-electron chi connectivity index (χ4n) is 5.92. The number of nitrogens with zero attached hydrogens (tertiary/aromatic N) is 3. The molecule has 1 amide bonds. The summed E-state index contributed by atoms with van der Waals surface area (Å²) in [6.45, 7) is 1.61. The molecule has 2 aromatic carbocycles. The first-order chi connectivity index (χ1) is 18.3. The number of rotatable bonds is 8. The molecule has 38 heavy (non-hydrogen) atoms. The molecule has 196 valence electrons. The highest BCUT2D eigenvalue weighted by Gasteiger charge is 2.44. The molecule has 0 N–H and O–H groups in total. The number of fused-ring (bicyclic) bond motifs is 2. The molecule has 1 heterocycles. The highest BCUT2D eigenvalue weighted by atomic mass is 19.1. The number of benzene rings is 2. The Balaban J connectivity index is 1.44. The number of anilines is 2. The van der Waals surface area contributed by atoms with Crippen molar-refractivity contribution in [3.63, 3.8) is 0 Å². The first-order valence-electron chi connectivity index (χ1n) is 13.3. The normalized spacial score (nSPS) is 20.2. The lowest BCUT2D eigenvalue weighted by Gasteiger charge is -2.30. The minimum absolute atomic E-state index is 0.0365. The van der Waals surface area contributed by atoms with Gasteiger partial charge in [0.15, 0.2) is 5.78 Å². The monoisotopic (exact) mass is 511 g/mol. The molecule has 5 nitrogen and oxygen atoms in total. The topological polar surface area (TPSA) is 53.5 Å². The van der Waals surface area contributed by atoms with Gasteiger partial charge >= 0.3 is 0 Å². The van der Waals surface area contributed by atoms with Crippen molar-refractivity contribution in [3.8, 4) is 11.1 Å². The average molecular weight is 512 g/mol. The second-order valence-corrected chi connectivity index (χ2v) is 10.9. The summed E-state index contributed by atoms with van der Waals surface area (Å²) in [7, 11) is 3.97. The van der Waals surface area contributed by atoms with E-state index in [4.69, 9.17) is 0 Å². The van der Waals surface area contributed by atoms with Crippen molar-refractivity contribution in [1.29, 1.82) is 0 Å². The van der Waals surface area contributed by atoms with Crippen molar-refractivity contribution in [2.45, 2.75) is 39.2 Å². The van der Waals surface area contributed by atoms with Crippen molar-refractivity contribution in [3.05, 3.63) is 83.9 Å². The van der Waals surface area contributed by atoms with Crippen LogP contribution in [0.3, 0.4) is 0 Å². The summed E-state index contributed by atoms with van der Waals surface area (Å²) < 4.78 is 15.5. The third-order valence-corrected chi connectivity index (χ3v) is 7.99. The fourth-order valence-corrected chi connectivity index (χ4v) is 5.92. The van der Waals surface area contributed by atoms with Crippen molar-refractivity contribution in [2.24, 2.45) is 17.8 Å². The highest BCUT2D eigenvalue weighted by Crippen LogP contribution is 2.49. The Labute approximate surface area is 224 Å². The second-order valence-electron chi connectivity index (χ2n) is 10.9. The van der Waals surface area contributed by atoms with Crippen molar-refractivity contribution in [2.75, 3.05) is 23.9 Å². The number of ketones is 1. The van der Waals surface area contributed by atoms with Crippen LogP contribution in [0.2, 0.25) is 0 Å². The zero-order valence-electron chi connectivity index (χ0n) is 22.2. The predicted molar refractivity (Wildman–Crippen MR) is 150 cm³/mol. The predicted octanol–water partition coefficient (Wildman–Crippen LogP) is 6.53. The molecule has 1 aromatic heterocycles. The van der Waals surface area contributed by atoms with Crippen LogP contribution in [-0.2, 0) is 16.1 Å². The quantitative estimate of drug-likeness (QED) is 0.323. The summed E-state index contributed by atoms with van der Waals surface area (Å²) in [6.07, 6.45) is 10.8. The molecule has 2 saturated carbocycles. The summed E-state index contributed by atoms with van der Waals surface area (Å²) in [4.78, 5) is 33.4. The molecular formula is C32H34FN3O2. The molecule has 0 unspecified atom stereocenters. The van der Waals surface area contributed by atoms with Gasteiger partial charge in [-0.1, -0.05) is 30.7 Å². The summed E-state index contributed by atoms with van der Waals surface area (Å²) in [5.74, 6) is 0.612. The first kappa shape index (κ1) is 25.8. The number of pyridine rings is 1. The van der Waals surface area contributed by atoms with E-state index in [-0.39, 0.29) is 30.0 Å². The first-order valence-corrected chi connectivity index (χ1v) is 13.3. The maximum Gasteiger partial charge on any atom is 0.230 e. The van der Waals surface area contributed by atoms with Gasteiger partial charge in [0, 0.05) is 37.5 Å². The van der Waals surface area contributed by atoms with Crippen molar-refractivity contribution >= 4 is 29.1 Å². The number of amides is 1. The summed E-state index contributed by atoms with van der Waals surface area (Å²) in [5, 5.41) is 0. The lowest BCUT2D eigenvalue weighted by Crippen LogP contribution is -2.38. The minimum atomic E-state index is -0.342. The van der Waals surface area contributed by atoms with Gasteiger partial charge < -0.3 is 9.80 Å². The molecule has 2 aliphatic rings. The minimum Gasteiger partial charge on any atom is -0.378 e. The standard InChI is InChI=1S/C32H34FN3O2/c1-21(37)4-5-23-15-29(19-34-18-23)36(32(38)30-16-22-6-7-26(30)14-22)20-27-9-8-25(17-31(27)33)24-10-12-28(13-11-24)35(2)3/h4-5,8-13,15,17-19,22,26,30H,6-7,14,16,20H2,1-3H3/b5-4+/t22-,26+,30-/m1/s1. The van der Waals surface area contributed by atoms with Gasteiger partial charge in [0.1, 0.15) is 5.82 Å². The number of carbonyl (C=O) groups is 2. The van der Waals surface area contributed by atoms with Crippen LogP contribution < -0.4 is 9.80 Å². The van der Waals surface area contributed by atoms with E-state index in [0.29, 0.717) is 23.1 Å². The average Bonchev–Trinajstić information content (AvgIpc) is 3.55.